The number of halogens is 1. The van der Waals surface area contributed by atoms with Gasteiger partial charge in [0.05, 0.1) is 6.33 Å². The lowest BCUT2D eigenvalue weighted by Gasteiger charge is -2.17. The van der Waals surface area contributed by atoms with Gasteiger partial charge in [0.25, 0.3) is 0 Å². The van der Waals surface area contributed by atoms with Crippen LogP contribution in [-0.2, 0) is 6.54 Å². The maximum absolute atomic E-state index is 5.93. The Labute approximate surface area is 126 Å². The van der Waals surface area contributed by atoms with Crippen molar-refractivity contribution >= 4 is 11.6 Å². The molecule has 0 spiro atoms. The summed E-state index contributed by atoms with van der Waals surface area (Å²) in [5, 5.41) is 4.41. The SMILES string of the molecule is CCC(NCCCCn1ccnc1)c1ccc(Cl)cc1. The highest BCUT2D eigenvalue weighted by molar-refractivity contribution is 6.30. The Morgan fingerprint density at radius 3 is 2.70 bits per heavy atom. The predicted molar refractivity (Wildman–Crippen MR) is 83.9 cm³/mol. The van der Waals surface area contributed by atoms with E-state index < -0.39 is 0 Å². The van der Waals surface area contributed by atoms with Gasteiger partial charge in [0.15, 0.2) is 0 Å². The molecule has 0 saturated heterocycles. The summed E-state index contributed by atoms with van der Waals surface area (Å²) in [7, 11) is 0. The third kappa shape index (κ3) is 4.66. The fourth-order valence-corrected chi connectivity index (χ4v) is 2.43. The molecular weight excluding hydrogens is 270 g/mol. The van der Waals surface area contributed by atoms with Gasteiger partial charge in [-0.15, -0.1) is 0 Å². The summed E-state index contributed by atoms with van der Waals surface area (Å²) in [6.07, 6.45) is 9.13. The van der Waals surface area contributed by atoms with Gasteiger partial charge in [0.1, 0.15) is 0 Å². The molecular formula is C16H22ClN3. The molecule has 0 amide bonds. The molecule has 4 heteroatoms. The number of nitrogens with zero attached hydrogens (tertiary/aromatic N) is 2. The number of aryl methyl sites for hydroxylation is 1. The van der Waals surface area contributed by atoms with Gasteiger partial charge in [-0.2, -0.15) is 0 Å². The van der Waals surface area contributed by atoms with Crippen LogP contribution in [0, 0.1) is 0 Å². The van der Waals surface area contributed by atoms with E-state index in [4.69, 9.17) is 11.6 Å². The van der Waals surface area contributed by atoms with Crippen molar-refractivity contribution in [3.63, 3.8) is 0 Å². The highest BCUT2D eigenvalue weighted by Crippen LogP contribution is 2.19. The second kappa shape index (κ2) is 8.08. The van der Waals surface area contributed by atoms with Gasteiger partial charge in [0.2, 0.25) is 0 Å². The van der Waals surface area contributed by atoms with E-state index in [0.29, 0.717) is 6.04 Å². The number of imidazole rings is 1. The van der Waals surface area contributed by atoms with Crippen LogP contribution in [0.1, 0.15) is 37.8 Å². The fraction of sp³-hybridized carbons (Fsp3) is 0.438. The first kappa shape index (κ1) is 15.1. The minimum atomic E-state index is 0.417. The first-order chi connectivity index (χ1) is 9.79. The summed E-state index contributed by atoms with van der Waals surface area (Å²) < 4.78 is 2.12. The molecule has 1 unspecified atom stereocenters. The lowest BCUT2D eigenvalue weighted by molar-refractivity contribution is 0.490. The van der Waals surface area contributed by atoms with Crippen LogP contribution in [0.5, 0.6) is 0 Å². The van der Waals surface area contributed by atoms with Crippen molar-refractivity contribution < 1.29 is 0 Å². The summed E-state index contributed by atoms with van der Waals surface area (Å²) >= 11 is 5.93. The molecule has 1 atom stereocenters. The molecule has 0 aliphatic rings. The van der Waals surface area contributed by atoms with Crippen molar-refractivity contribution in [3.8, 4) is 0 Å². The molecule has 20 heavy (non-hydrogen) atoms. The molecule has 0 saturated carbocycles. The summed E-state index contributed by atoms with van der Waals surface area (Å²) in [4.78, 5) is 4.05. The lowest BCUT2D eigenvalue weighted by Crippen LogP contribution is -2.22. The number of aromatic nitrogens is 2. The van der Waals surface area contributed by atoms with Gasteiger partial charge >= 0.3 is 0 Å². The van der Waals surface area contributed by atoms with Crippen molar-refractivity contribution in [2.75, 3.05) is 6.54 Å². The Hall–Kier alpha value is -1.32. The third-order valence-corrected chi connectivity index (χ3v) is 3.73. The number of nitrogens with one attached hydrogen (secondary N) is 1. The normalized spacial score (nSPS) is 12.5. The van der Waals surface area contributed by atoms with Crippen LogP contribution in [0.2, 0.25) is 5.02 Å². The van der Waals surface area contributed by atoms with E-state index in [2.05, 4.69) is 33.9 Å². The molecule has 0 fully saturated rings. The Morgan fingerprint density at radius 1 is 1.25 bits per heavy atom. The number of hydrogen-bond donors (Lipinski definition) is 1. The van der Waals surface area contributed by atoms with Crippen LogP contribution >= 0.6 is 11.6 Å². The Balaban J connectivity index is 1.70. The maximum atomic E-state index is 5.93. The zero-order valence-electron chi connectivity index (χ0n) is 11.9. The minimum Gasteiger partial charge on any atom is -0.337 e. The largest absolute Gasteiger partial charge is 0.337 e. The van der Waals surface area contributed by atoms with E-state index in [9.17, 15) is 0 Å². The molecule has 3 nitrogen and oxygen atoms in total. The van der Waals surface area contributed by atoms with Gasteiger partial charge in [0, 0.05) is 30.0 Å². The molecule has 0 radical (unpaired) electrons. The molecule has 0 bridgehead atoms. The van der Waals surface area contributed by atoms with Crippen LogP contribution in [0.3, 0.4) is 0 Å². The Bertz CT molecular complexity index is 479. The summed E-state index contributed by atoms with van der Waals surface area (Å²) in [6, 6.07) is 8.55. The van der Waals surface area contributed by atoms with Gasteiger partial charge in [-0.05, 0) is 43.5 Å². The zero-order chi connectivity index (χ0) is 14.2. The average Bonchev–Trinajstić information content (AvgIpc) is 2.97. The number of rotatable bonds is 8. The first-order valence-corrected chi connectivity index (χ1v) is 7.62. The molecule has 2 aromatic rings. The van der Waals surface area contributed by atoms with E-state index in [0.717, 1.165) is 24.5 Å². The van der Waals surface area contributed by atoms with Crippen molar-refractivity contribution in [2.45, 2.75) is 38.8 Å². The maximum Gasteiger partial charge on any atom is 0.0945 e. The van der Waals surface area contributed by atoms with Crippen LogP contribution in [-0.4, -0.2) is 16.1 Å². The first-order valence-electron chi connectivity index (χ1n) is 7.24. The standard InChI is InChI=1S/C16H22ClN3/c1-2-16(14-5-7-15(17)8-6-14)19-9-3-4-11-20-12-10-18-13-20/h5-8,10,12-13,16,19H,2-4,9,11H2,1H3. The molecule has 0 aliphatic heterocycles. The van der Waals surface area contributed by atoms with Gasteiger partial charge in [-0.1, -0.05) is 30.7 Å². The molecule has 0 aliphatic carbocycles. The molecule has 2 rings (SSSR count). The molecule has 108 valence electrons. The van der Waals surface area contributed by atoms with Gasteiger partial charge in [-0.25, -0.2) is 4.98 Å². The van der Waals surface area contributed by atoms with E-state index in [-0.39, 0.29) is 0 Å². The Kier molecular flexibility index (Phi) is 6.09. The van der Waals surface area contributed by atoms with Crippen molar-refractivity contribution in [1.29, 1.82) is 0 Å². The molecule has 1 aromatic carbocycles. The second-order valence-electron chi connectivity index (χ2n) is 4.97. The topological polar surface area (TPSA) is 29.9 Å². The fourth-order valence-electron chi connectivity index (χ4n) is 2.31. The van der Waals surface area contributed by atoms with E-state index >= 15 is 0 Å². The second-order valence-corrected chi connectivity index (χ2v) is 5.41. The van der Waals surface area contributed by atoms with Crippen molar-refractivity contribution in [2.24, 2.45) is 0 Å². The highest BCUT2D eigenvalue weighted by Gasteiger charge is 2.07. The quantitative estimate of drug-likeness (QED) is 0.743. The highest BCUT2D eigenvalue weighted by atomic mass is 35.5. The smallest absolute Gasteiger partial charge is 0.0945 e. The van der Waals surface area contributed by atoms with Gasteiger partial charge < -0.3 is 9.88 Å². The van der Waals surface area contributed by atoms with Crippen molar-refractivity contribution in [1.82, 2.24) is 14.9 Å². The van der Waals surface area contributed by atoms with Crippen LogP contribution in [0.15, 0.2) is 43.0 Å². The number of hydrogen-bond acceptors (Lipinski definition) is 2. The van der Waals surface area contributed by atoms with E-state index in [1.54, 1.807) is 0 Å². The number of unbranched alkanes of at least 4 members (excludes halogenated alkanes) is 1. The zero-order valence-corrected chi connectivity index (χ0v) is 12.7. The van der Waals surface area contributed by atoms with Crippen LogP contribution in [0.4, 0.5) is 0 Å². The minimum absolute atomic E-state index is 0.417. The summed E-state index contributed by atoms with van der Waals surface area (Å²) in [5.41, 5.74) is 1.31. The summed E-state index contributed by atoms with van der Waals surface area (Å²) in [5.74, 6) is 0. The van der Waals surface area contributed by atoms with Crippen molar-refractivity contribution in [3.05, 3.63) is 53.6 Å². The van der Waals surface area contributed by atoms with Crippen LogP contribution < -0.4 is 5.32 Å². The molecule has 1 aromatic heterocycles. The predicted octanol–water partition coefficient (Wildman–Crippen LogP) is 4.06. The Morgan fingerprint density at radius 2 is 2.05 bits per heavy atom. The number of benzene rings is 1. The monoisotopic (exact) mass is 291 g/mol. The average molecular weight is 292 g/mol. The third-order valence-electron chi connectivity index (χ3n) is 3.47. The summed E-state index contributed by atoms with van der Waals surface area (Å²) in [6.45, 7) is 4.28. The van der Waals surface area contributed by atoms with Gasteiger partial charge in [-0.3, -0.25) is 0 Å². The van der Waals surface area contributed by atoms with Crippen LogP contribution in [0.25, 0.3) is 0 Å². The molecule has 1 heterocycles. The van der Waals surface area contributed by atoms with E-state index in [1.165, 1.54) is 18.4 Å². The lowest BCUT2D eigenvalue weighted by atomic mass is 10.0. The van der Waals surface area contributed by atoms with E-state index in [1.807, 2.05) is 30.9 Å². The molecule has 1 N–H and O–H groups in total.